The molecule has 0 bridgehead atoms. The molecule has 4 aromatic carbocycles. The number of nitrogens with zero attached hydrogens (tertiary/aromatic N) is 2. The van der Waals surface area contributed by atoms with Gasteiger partial charge in [0.05, 0.1) is 5.70 Å². The molecule has 3 atom stereocenters. The molecule has 0 fully saturated rings. The van der Waals surface area contributed by atoms with Crippen molar-refractivity contribution in [1.82, 2.24) is 0 Å². The van der Waals surface area contributed by atoms with Gasteiger partial charge in [-0.1, -0.05) is 75.2 Å². The second kappa shape index (κ2) is 12.7. The predicted molar refractivity (Wildman–Crippen MR) is 193 cm³/mol. The third-order valence-electron chi connectivity index (χ3n) is 9.13. The summed E-state index contributed by atoms with van der Waals surface area (Å²) in [5.41, 5.74) is 14.4. The quantitative estimate of drug-likeness (QED) is 0.198. The fraction of sp³-hybridized carbons (Fsp3) is 0.256. The number of hydrogen-bond acceptors (Lipinski definition) is 2. The maximum Gasteiger partial charge on any atom is 0.0932 e. The minimum atomic E-state index is 0.369. The van der Waals surface area contributed by atoms with Gasteiger partial charge < -0.3 is 9.80 Å². The highest BCUT2D eigenvalue weighted by Crippen LogP contribution is 2.39. The van der Waals surface area contributed by atoms with Crippen molar-refractivity contribution in [3.63, 3.8) is 0 Å². The zero-order valence-corrected chi connectivity index (χ0v) is 27.7. The molecular weight excluding hydrogens is 544 g/mol. The Morgan fingerprint density at radius 1 is 0.622 bits per heavy atom. The number of allylic oxidation sites excluding steroid dienone is 5. The van der Waals surface area contributed by atoms with Crippen LogP contribution in [-0.4, -0.2) is 0 Å². The summed E-state index contributed by atoms with van der Waals surface area (Å²) in [5, 5.41) is 0. The Bertz CT molecular complexity index is 1850. The molecule has 0 radical (unpaired) electrons. The molecule has 0 spiro atoms. The van der Waals surface area contributed by atoms with Crippen LogP contribution < -0.4 is 9.80 Å². The molecule has 0 saturated carbocycles. The number of rotatable bonds is 7. The Labute approximate surface area is 270 Å². The van der Waals surface area contributed by atoms with Crippen molar-refractivity contribution in [3.05, 3.63) is 143 Å². The van der Waals surface area contributed by atoms with Gasteiger partial charge in [0.1, 0.15) is 0 Å². The molecule has 0 amide bonds. The largest absolute Gasteiger partial charge is 0.310 e. The molecule has 3 unspecified atom stereocenters. The zero-order valence-electron chi connectivity index (χ0n) is 27.7. The SMILES string of the molecule is Cc1cccc(N(c2cccc(C)c2)c2ccc(-c3ccc(N(C4=CC(C)C(C)C#C4)C4=CC(C)CC=C4)cc3C)c(C)c2)c1. The molecule has 226 valence electrons. The van der Waals surface area contributed by atoms with E-state index in [0.29, 0.717) is 17.8 Å². The Kier molecular flexibility index (Phi) is 8.55. The maximum absolute atomic E-state index is 3.49. The van der Waals surface area contributed by atoms with E-state index in [1.165, 1.54) is 39.1 Å². The Hall–Kier alpha value is -4.74. The van der Waals surface area contributed by atoms with Crippen LogP contribution in [0.1, 0.15) is 49.4 Å². The van der Waals surface area contributed by atoms with Crippen molar-refractivity contribution < 1.29 is 0 Å². The van der Waals surface area contributed by atoms with Crippen molar-refractivity contribution in [2.45, 2.75) is 54.9 Å². The topological polar surface area (TPSA) is 6.48 Å². The monoisotopic (exact) mass is 588 g/mol. The van der Waals surface area contributed by atoms with Crippen molar-refractivity contribution in [2.24, 2.45) is 17.8 Å². The molecule has 0 aliphatic heterocycles. The van der Waals surface area contributed by atoms with Gasteiger partial charge >= 0.3 is 0 Å². The lowest BCUT2D eigenvalue weighted by molar-refractivity contribution is 0.568. The molecule has 4 aromatic rings. The lowest BCUT2D eigenvalue weighted by Gasteiger charge is -2.31. The van der Waals surface area contributed by atoms with E-state index in [2.05, 4.69) is 179 Å². The first-order chi connectivity index (χ1) is 21.7. The van der Waals surface area contributed by atoms with Gasteiger partial charge in [0.25, 0.3) is 0 Å². The van der Waals surface area contributed by atoms with Crippen LogP contribution in [0.25, 0.3) is 11.1 Å². The van der Waals surface area contributed by atoms with Gasteiger partial charge in [0, 0.05) is 34.4 Å². The van der Waals surface area contributed by atoms with Crippen molar-refractivity contribution in [1.29, 1.82) is 0 Å². The van der Waals surface area contributed by atoms with E-state index in [9.17, 15) is 0 Å². The van der Waals surface area contributed by atoms with Gasteiger partial charge in [-0.15, -0.1) is 0 Å². The maximum atomic E-state index is 3.49. The van der Waals surface area contributed by atoms with Gasteiger partial charge in [-0.2, -0.15) is 0 Å². The summed E-state index contributed by atoms with van der Waals surface area (Å²) in [6, 6.07) is 31.2. The lowest BCUT2D eigenvalue weighted by atomic mass is 9.91. The first-order valence-electron chi connectivity index (χ1n) is 16.2. The van der Waals surface area contributed by atoms with Gasteiger partial charge in [0.15, 0.2) is 0 Å². The normalized spacial score (nSPS) is 18.9. The van der Waals surface area contributed by atoms with Crippen LogP contribution in [0.4, 0.5) is 22.7 Å². The van der Waals surface area contributed by atoms with Crippen LogP contribution in [0, 0.1) is 57.3 Å². The molecule has 45 heavy (non-hydrogen) atoms. The highest BCUT2D eigenvalue weighted by atomic mass is 15.2. The Morgan fingerprint density at radius 3 is 1.69 bits per heavy atom. The summed E-state index contributed by atoms with van der Waals surface area (Å²) in [5.74, 6) is 8.25. The van der Waals surface area contributed by atoms with E-state index in [0.717, 1.165) is 34.9 Å². The second-order valence-electron chi connectivity index (χ2n) is 13.0. The molecule has 2 aliphatic carbocycles. The van der Waals surface area contributed by atoms with E-state index in [1.54, 1.807) is 0 Å². The summed E-state index contributed by atoms with van der Waals surface area (Å²) in [7, 11) is 0. The van der Waals surface area contributed by atoms with Gasteiger partial charge in [-0.05, 0) is 146 Å². The summed E-state index contributed by atoms with van der Waals surface area (Å²) >= 11 is 0. The number of anilines is 4. The highest BCUT2D eigenvalue weighted by molar-refractivity contribution is 5.81. The number of benzene rings is 4. The van der Waals surface area contributed by atoms with Crippen LogP contribution >= 0.6 is 0 Å². The Balaban J connectivity index is 1.39. The van der Waals surface area contributed by atoms with Crippen molar-refractivity contribution >= 4 is 22.7 Å². The van der Waals surface area contributed by atoms with E-state index in [-0.39, 0.29) is 0 Å². The Morgan fingerprint density at radius 2 is 1.18 bits per heavy atom. The number of hydrogen-bond donors (Lipinski definition) is 0. The molecule has 0 heterocycles. The standard InChI is InChI=1S/C43H44N2/c1-29-11-8-14-36(23-29)44(37-15-9-12-30(2)24-37)40-19-21-42(34(6)27-40)43-22-20-41(28-35(43)7)45(38-16-10-13-31(3)25-38)39-18-17-32(4)33(5)26-39/h8-12,14-16,19-28,31-33H,13H2,1-7H3. The lowest BCUT2D eigenvalue weighted by Crippen LogP contribution is -2.24. The molecule has 6 rings (SSSR count). The summed E-state index contributed by atoms with van der Waals surface area (Å²) in [6.07, 6.45) is 10.3. The third-order valence-corrected chi connectivity index (χ3v) is 9.13. The van der Waals surface area contributed by atoms with Crippen LogP contribution in [-0.2, 0) is 0 Å². The fourth-order valence-corrected chi connectivity index (χ4v) is 6.44. The molecule has 0 N–H and O–H groups in total. The van der Waals surface area contributed by atoms with Crippen molar-refractivity contribution in [3.8, 4) is 23.0 Å². The van der Waals surface area contributed by atoms with E-state index >= 15 is 0 Å². The predicted octanol–water partition coefficient (Wildman–Crippen LogP) is 11.5. The molecule has 0 saturated heterocycles. The average molecular weight is 589 g/mol. The molecule has 2 nitrogen and oxygen atoms in total. The zero-order chi connectivity index (χ0) is 31.7. The van der Waals surface area contributed by atoms with E-state index in [1.807, 2.05) is 0 Å². The van der Waals surface area contributed by atoms with Gasteiger partial charge in [0.2, 0.25) is 0 Å². The highest BCUT2D eigenvalue weighted by Gasteiger charge is 2.22. The summed E-state index contributed by atoms with van der Waals surface area (Å²) in [4.78, 5) is 4.72. The smallest absolute Gasteiger partial charge is 0.0932 e. The summed E-state index contributed by atoms with van der Waals surface area (Å²) in [6.45, 7) is 15.5. The van der Waals surface area contributed by atoms with Crippen LogP contribution in [0.2, 0.25) is 0 Å². The second-order valence-corrected chi connectivity index (χ2v) is 13.0. The third kappa shape index (κ3) is 6.40. The molecular formula is C43H44N2. The molecule has 2 heteroatoms. The molecule has 0 aromatic heterocycles. The summed E-state index contributed by atoms with van der Waals surface area (Å²) < 4.78 is 0. The van der Waals surface area contributed by atoms with Crippen LogP contribution in [0.15, 0.2) is 121 Å². The van der Waals surface area contributed by atoms with Crippen molar-refractivity contribution in [2.75, 3.05) is 9.80 Å². The van der Waals surface area contributed by atoms with Gasteiger partial charge in [-0.3, -0.25) is 0 Å². The van der Waals surface area contributed by atoms with Gasteiger partial charge in [-0.25, -0.2) is 0 Å². The van der Waals surface area contributed by atoms with Crippen LogP contribution in [0.5, 0.6) is 0 Å². The average Bonchev–Trinajstić information content (AvgIpc) is 3.00. The minimum absolute atomic E-state index is 0.369. The first kappa shape index (κ1) is 30.3. The van der Waals surface area contributed by atoms with E-state index in [4.69, 9.17) is 0 Å². The minimum Gasteiger partial charge on any atom is -0.310 e. The van der Waals surface area contributed by atoms with Crippen LogP contribution in [0.3, 0.4) is 0 Å². The number of aryl methyl sites for hydroxylation is 4. The fourth-order valence-electron chi connectivity index (χ4n) is 6.44. The van der Waals surface area contributed by atoms with E-state index < -0.39 is 0 Å². The molecule has 2 aliphatic rings. The first-order valence-corrected chi connectivity index (χ1v) is 16.2.